The Bertz CT molecular complexity index is 384. The monoisotopic (exact) mass is 413 g/mol. The molecule has 0 aromatic rings. The van der Waals surface area contributed by atoms with Crippen LogP contribution in [-0.4, -0.2) is 48.3 Å². The number of quaternary nitrogens is 1. The van der Waals surface area contributed by atoms with E-state index >= 15 is 0 Å². The fraction of sp³-hybridized carbons (Fsp3) is 0.960. The number of aliphatic hydroxyl groups is 1. The first-order valence-corrected chi connectivity index (χ1v) is 12.6. The van der Waals surface area contributed by atoms with Crippen molar-refractivity contribution in [3.63, 3.8) is 0 Å². The smallest absolute Gasteiger partial charge is 0.129 e. The van der Waals surface area contributed by atoms with Gasteiger partial charge in [0.15, 0.2) is 0 Å². The van der Waals surface area contributed by atoms with E-state index in [2.05, 4.69) is 6.92 Å². The van der Waals surface area contributed by atoms with Gasteiger partial charge in [-0.1, -0.05) is 110 Å². The lowest BCUT2D eigenvalue weighted by Gasteiger charge is -2.39. The summed E-state index contributed by atoms with van der Waals surface area (Å²) in [7, 11) is 3.79. The Balaban J connectivity index is 3.62. The minimum absolute atomic E-state index is 0.302. The lowest BCUT2D eigenvalue weighted by Crippen LogP contribution is -2.59. The molecule has 1 N–H and O–H groups in total. The molecule has 0 aliphatic rings. The van der Waals surface area contributed by atoms with Gasteiger partial charge in [-0.25, -0.2) is 0 Å². The molecular formula is C25H51NO3. The third kappa shape index (κ3) is 15.8. The Labute approximate surface area is 181 Å². The maximum absolute atomic E-state index is 11.4. The molecule has 0 bridgehead atoms. The number of carbonyl (C=O) groups is 1. The summed E-state index contributed by atoms with van der Waals surface area (Å²) in [5, 5.41) is 21.8. The number of carboxylic acid groups (broad SMARTS) is 1. The van der Waals surface area contributed by atoms with E-state index in [1.54, 1.807) is 0 Å². The summed E-state index contributed by atoms with van der Waals surface area (Å²) in [6.45, 7) is 4.74. The minimum atomic E-state index is -0.999. The number of unbranched alkanes of at least 4 members (excludes halogenated alkanes) is 13. The second kappa shape index (κ2) is 18.2. The van der Waals surface area contributed by atoms with Crippen LogP contribution >= 0.6 is 0 Å². The van der Waals surface area contributed by atoms with Gasteiger partial charge in [-0.05, 0) is 6.42 Å². The average molecular weight is 414 g/mol. The maximum Gasteiger partial charge on any atom is 0.129 e. The summed E-state index contributed by atoms with van der Waals surface area (Å²) in [6.07, 6.45) is 20.4. The molecule has 0 fully saturated rings. The number of hydrogen-bond donors (Lipinski definition) is 1. The number of carboxylic acids is 1. The zero-order valence-electron chi connectivity index (χ0n) is 20.1. The van der Waals surface area contributed by atoms with Crippen LogP contribution in [0.25, 0.3) is 0 Å². The van der Waals surface area contributed by atoms with Crippen LogP contribution in [0.5, 0.6) is 0 Å². The van der Waals surface area contributed by atoms with Gasteiger partial charge in [0, 0.05) is 6.42 Å². The molecule has 4 heteroatoms. The third-order valence-corrected chi connectivity index (χ3v) is 6.25. The maximum atomic E-state index is 11.4. The highest BCUT2D eigenvalue weighted by molar-refractivity contribution is 5.69. The largest absolute Gasteiger partial charge is 0.544 e. The van der Waals surface area contributed by atoms with Crippen LogP contribution in [0.4, 0.5) is 0 Å². The van der Waals surface area contributed by atoms with E-state index in [1.807, 2.05) is 21.0 Å². The van der Waals surface area contributed by atoms with Crippen LogP contribution in [0.15, 0.2) is 0 Å². The first kappa shape index (κ1) is 28.4. The van der Waals surface area contributed by atoms with Crippen LogP contribution < -0.4 is 5.11 Å². The van der Waals surface area contributed by atoms with Crippen molar-refractivity contribution in [1.29, 1.82) is 0 Å². The molecular weight excluding hydrogens is 362 g/mol. The van der Waals surface area contributed by atoms with Crippen molar-refractivity contribution in [3.8, 4) is 0 Å². The van der Waals surface area contributed by atoms with Crippen molar-refractivity contribution < 1.29 is 19.5 Å². The predicted molar refractivity (Wildman–Crippen MR) is 122 cm³/mol. The minimum Gasteiger partial charge on any atom is -0.544 e. The molecule has 0 spiro atoms. The van der Waals surface area contributed by atoms with Crippen molar-refractivity contribution in [3.05, 3.63) is 0 Å². The van der Waals surface area contributed by atoms with Crippen LogP contribution in [-0.2, 0) is 4.79 Å². The fourth-order valence-corrected chi connectivity index (χ4v) is 4.36. The summed E-state index contributed by atoms with van der Waals surface area (Å²) in [5.41, 5.74) is 0. The van der Waals surface area contributed by atoms with Crippen LogP contribution in [0.3, 0.4) is 0 Å². The third-order valence-electron chi connectivity index (χ3n) is 6.25. The number of aliphatic hydroxyl groups excluding tert-OH is 1. The van der Waals surface area contributed by atoms with Gasteiger partial charge in [-0.15, -0.1) is 0 Å². The normalized spacial score (nSPS) is 14.1. The van der Waals surface area contributed by atoms with Gasteiger partial charge in [-0.3, -0.25) is 0 Å². The van der Waals surface area contributed by atoms with E-state index < -0.39 is 18.1 Å². The Hall–Kier alpha value is -0.610. The number of rotatable bonds is 21. The molecule has 0 saturated heterocycles. The van der Waals surface area contributed by atoms with Gasteiger partial charge in [0.2, 0.25) is 0 Å². The molecule has 0 aliphatic heterocycles. The number of carbonyl (C=O) groups excluding carboxylic acids is 1. The van der Waals surface area contributed by atoms with Gasteiger partial charge >= 0.3 is 0 Å². The van der Waals surface area contributed by atoms with Gasteiger partial charge in [-0.2, -0.15) is 0 Å². The Morgan fingerprint density at radius 2 is 1.14 bits per heavy atom. The number of nitrogens with zero attached hydrogens (tertiary/aromatic N) is 1. The second-order valence-corrected chi connectivity index (χ2v) is 9.62. The fourth-order valence-electron chi connectivity index (χ4n) is 4.36. The van der Waals surface area contributed by atoms with Crippen LogP contribution in [0, 0.1) is 0 Å². The van der Waals surface area contributed by atoms with Crippen molar-refractivity contribution >= 4 is 5.97 Å². The van der Waals surface area contributed by atoms with Crippen molar-refractivity contribution in [2.45, 2.75) is 135 Å². The molecule has 0 aromatic carbocycles. The van der Waals surface area contributed by atoms with E-state index in [4.69, 9.17) is 0 Å². The molecule has 4 nitrogen and oxygen atoms in total. The lowest BCUT2D eigenvalue weighted by atomic mass is 10.0. The van der Waals surface area contributed by atoms with E-state index in [1.165, 1.54) is 83.5 Å². The molecule has 0 radical (unpaired) electrons. The molecule has 29 heavy (non-hydrogen) atoms. The Morgan fingerprint density at radius 3 is 1.52 bits per heavy atom. The van der Waals surface area contributed by atoms with Crippen molar-refractivity contribution in [1.82, 2.24) is 0 Å². The molecule has 0 aromatic heterocycles. The molecule has 0 rings (SSSR count). The molecule has 2 unspecified atom stereocenters. The average Bonchev–Trinajstić information content (AvgIpc) is 2.65. The lowest BCUT2D eigenvalue weighted by molar-refractivity contribution is -0.911. The highest BCUT2D eigenvalue weighted by Crippen LogP contribution is 2.17. The van der Waals surface area contributed by atoms with Crippen LogP contribution in [0.2, 0.25) is 0 Å². The van der Waals surface area contributed by atoms with E-state index in [9.17, 15) is 15.0 Å². The number of likely N-dealkylation sites (N-methyl/N-ethyl adjacent to an activating group) is 1. The van der Waals surface area contributed by atoms with Crippen molar-refractivity contribution in [2.75, 3.05) is 20.6 Å². The first-order chi connectivity index (χ1) is 13.8. The Morgan fingerprint density at radius 1 is 0.724 bits per heavy atom. The van der Waals surface area contributed by atoms with E-state index in [0.29, 0.717) is 17.4 Å². The zero-order chi connectivity index (χ0) is 22.0. The summed E-state index contributed by atoms with van der Waals surface area (Å²) in [4.78, 5) is 11.4. The van der Waals surface area contributed by atoms with E-state index in [-0.39, 0.29) is 0 Å². The Kier molecular flexibility index (Phi) is 17.8. The SMILES string of the molecule is CCCCCCCCCCCCCCCCC(O)C[N+](C)(C)C(CCC)C(=O)[O-]. The number of hydrogen-bond acceptors (Lipinski definition) is 3. The molecule has 174 valence electrons. The molecule has 0 amide bonds. The van der Waals surface area contributed by atoms with Gasteiger partial charge in [0.1, 0.15) is 18.7 Å². The van der Waals surface area contributed by atoms with E-state index in [0.717, 1.165) is 19.3 Å². The van der Waals surface area contributed by atoms with Gasteiger partial charge < -0.3 is 19.5 Å². The summed E-state index contributed by atoms with van der Waals surface area (Å²) in [5.74, 6) is -0.999. The summed E-state index contributed by atoms with van der Waals surface area (Å²) >= 11 is 0. The number of aliphatic carboxylic acids is 1. The van der Waals surface area contributed by atoms with Gasteiger partial charge in [0.05, 0.1) is 20.1 Å². The molecule has 0 aliphatic carbocycles. The second-order valence-electron chi connectivity index (χ2n) is 9.62. The zero-order valence-corrected chi connectivity index (χ0v) is 20.1. The van der Waals surface area contributed by atoms with Gasteiger partial charge in [0.25, 0.3) is 0 Å². The summed E-state index contributed by atoms with van der Waals surface area (Å²) < 4.78 is 0.302. The highest BCUT2D eigenvalue weighted by atomic mass is 16.4. The summed E-state index contributed by atoms with van der Waals surface area (Å²) in [6, 6.07) is -0.536. The van der Waals surface area contributed by atoms with Crippen molar-refractivity contribution in [2.24, 2.45) is 0 Å². The highest BCUT2D eigenvalue weighted by Gasteiger charge is 2.30. The molecule has 0 heterocycles. The van der Waals surface area contributed by atoms with Crippen LogP contribution in [0.1, 0.15) is 123 Å². The molecule has 0 saturated carbocycles. The first-order valence-electron chi connectivity index (χ1n) is 12.6. The quantitative estimate of drug-likeness (QED) is 0.207. The predicted octanol–water partition coefficient (Wildman–Crippen LogP) is 5.21. The molecule has 2 atom stereocenters. The topological polar surface area (TPSA) is 60.4 Å². The standard InChI is InChI=1S/C25H51NO3/c1-5-7-8-9-10-11-12-13-14-15-16-17-18-19-21-23(27)22-26(3,4)24(20-6-2)25(28)29/h23-24,27H,5-22H2,1-4H3.